The summed E-state index contributed by atoms with van der Waals surface area (Å²) in [7, 11) is 3.37. The third-order valence-corrected chi connectivity index (χ3v) is 2.16. The number of carbonyl (C=O) groups is 1. The molecule has 5 heteroatoms. The summed E-state index contributed by atoms with van der Waals surface area (Å²) in [5.41, 5.74) is 0.643. The highest BCUT2D eigenvalue weighted by Gasteiger charge is 2.05. The highest BCUT2D eigenvalue weighted by atomic mass is 16.3. The van der Waals surface area contributed by atoms with Gasteiger partial charge >= 0.3 is 0 Å². The molecule has 0 aliphatic rings. The Labute approximate surface area is 94.3 Å². The number of amides is 1. The molecular weight excluding hydrogens is 208 g/mol. The first-order chi connectivity index (χ1) is 7.50. The van der Waals surface area contributed by atoms with Crippen molar-refractivity contribution in [2.24, 2.45) is 0 Å². The van der Waals surface area contributed by atoms with Crippen LogP contribution in [0, 0.1) is 0 Å². The molecule has 0 fully saturated rings. The van der Waals surface area contributed by atoms with E-state index in [0.29, 0.717) is 12.1 Å². The first kappa shape index (κ1) is 12.3. The summed E-state index contributed by atoms with van der Waals surface area (Å²) in [6, 6.07) is 4.37. The number of nitrogens with zero attached hydrogens (tertiary/aromatic N) is 1. The molecule has 0 aliphatic carbocycles. The molecule has 0 heterocycles. The Morgan fingerprint density at radius 1 is 1.38 bits per heavy atom. The third kappa shape index (κ3) is 3.43. The number of phenolic OH excluding ortho intramolecular Hbond substituents is 2. The summed E-state index contributed by atoms with van der Waals surface area (Å²) >= 11 is 0. The fourth-order valence-electron chi connectivity index (χ4n) is 1.16. The first-order valence-electron chi connectivity index (χ1n) is 4.92. The van der Waals surface area contributed by atoms with Gasteiger partial charge in [0.25, 0.3) is 0 Å². The molecule has 1 rings (SSSR count). The lowest BCUT2D eigenvalue weighted by Crippen LogP contribution is -2.32. The van der Waals surface area contributed by atoms with Crippen LogP contribution >= 0.6 is 0 Å². The lowest BCUT2D eigenvalue weighted by molar-refractivity contribution is -0.127. The number of benzene rings is 1. The second-order valence-corrected chi connectivity index (χ2v) is 3.70. The van der Waals surface area contributed by atoms with Crippen LogP contribution in [0.5, 0.6) is 11.5 Å². The minimum atomic E-state index is -0.0294. The predicted octanol–water partition coefficient (Wildman–Crippen LogP) is 0.276. The molecule has 1 amide bonds. The topological polar surface area (TPSA) is 72.8 Å². The van der Waals surface area contributed by atoms with Gasteiger partial charge in [-0.25, -0.2) is 0 Å². The van der Waals surface area contributed by atoms with Crippen LogP contribution < -0.4 is 5.32 Å². The molecule has 0 unspecified atom stereocenters. The van der Waals surface area contributed by atoms with Crippen LogP contribution in [0.3, 0.4) is 0 Å². The molecule has 1 aromatic rings. The van der Waals surface area contributed by atoms with Gasteiger partial charge in [0.05, 0.1) is 6.54 Å². The van der Waals surface area contributed by atoms with Crippen LogP contribution in [-0.2, 0) is 11.3 Å². The molecule has 5 nitrogen and oxygen atoms in total. The summed E-state index contributed by atoms with van der Waals surface area (Å²) in [5.74, 6) is 0.00804. The van der Waals surface area contributed by atoms with Gasteiger partial charge in [-0.05, 0) is 6.07 Å². The number of carbonyl (C=O) groups excluding carboxylic acids is 1. The Bertz CT molecular complexity index is 377. The van der Waals surface area contributed by atoms with Crippen molar-refractivity contribution >= 4 is 5.91 Å². The zero-order valence-corrected chi connectivity index (χ0v) is 9.40. The number of likely N-dealkylation sites (N-methyl/N-ethyl adjacent to an activating group) is 1. The molecule has 0 atom stereocenters. The molecule has 0 saturated carbocycles. The number of phenols is 2. The standard InChI is InChI=1S/C11H16N2O3/c1-13(2)11(16)7-12-6-8-3-4-9(14)5-10(8)15/h3-5,12,14-15H,6-7H2,1-2H3. The summed E-state index contributed by atoms with van der Waals surface area (Å²) in [4.78, 5) is 12.7. The maximum Gasteiger partial charge on any atom is 0.236 e. The van der Waals surface area contributed by atoms with E-state index < -0.39 is 0 Å². The van der Waals surface area contributed by atoms with E-state index in [0.717, 1.165) is 0 Å². The third-order valence-electron chi connectivity index (χ3n) is 2.16. The van der Waals surface area contributed by atoms with E-state index in [2.05, 4.69) is 5.32 Å². The second-order valence-electron chi connectivity index (χ2n) is 3.70. The lowest BCUT2D eigenvalue weighted by Gasteiger charge is -2.11. The van der Waals surface area contributed by atoms with Crippen LogP contribution in [0.4, 0.5) is 0 Å². The van der Waals surface area contributed by atoms with Gasteiger partial charge in [0.2, 0.25) is 5.91 Å². The molecule has 88 valence electrons. The summed E-state index contributed by atoms with van der Waals surface area (Å²) in [5, 5.41) is 21.5. The Hall–Kier alpha value is -1.75. The van der Waals surface area contributed by atoms with E-state index in [9.17, 15) is 9.90 Å². The first-order valence-corrected chi connectivity index (χ1v) is 4.92. The Kier molecular flexibility index (Phi) is 4.13. The van der Waals surface area contributed by atoms with Gasteiger partial charge in [-0.2, -0.15) is 0 Å². The van der Waals surface area contributed by atoms with Crippen LogP contribution in [0.25, 0.3) is 0 Å². The minimum Gasteiger partial charge on any atom is -0.508 e. The second kappa shape index (κ2) is 5.37. The molecule has 0 saturated heterocycles. The SMILES string of the molecule is CN(C)C(=O)CNCc1ccc(O)cc1O. The molecule has 16 heavy (non-hydrogen) atoms. The normalized spacial score (nSPS) is 10.1. The van der Waals surface area contributed by atoms with Crippen LogP contribution in [0.15, 0.2) is 18.2 Å². The molecule has 0 radical (unpaired) electrons. The predicted molar refractivity (Wildman–Crippen MR) is 60.2 cm³/mol. The van der Waals surface area contributed by atoms with Crippen molar-refractivity contribution in [2.75, 3.05) is 20.6 Å². The lowest BCUT2D eigenvalue weighted by atomic mass is 10.2. The zero-order valence-electron chi connectivity index (χ0n) is 9.40. The minimum absolute atomic E-state index is 0.0183. The van der Waals surface area contributed by atoms with Crippen molar-refractivity contribution < 1.29 is 15.0 Å². The van der Waals surface area contributed by atoms with Gasteiger partial charge in [-0.1, -0.05) is 6.07 Å². The molecular formula is C11H16N2O3. The Balaban J connectivity index is 2.46. The number of aromatic hydroxyl groups is 2. The van der Waals surface area contributed by atoms with Crippen molar-refractivity contribution in [2.45, 2.75) is 6.54 Å². The maximum atomic E-state index is 11.2. The Morgan fingerprint density at radius 3 is 2.62 bits per heavy atom. The quantitative estimate of drug-likeness (QED) is 0.686. The Morgan fingerprint density at radius 2 is 2.06 bits per heavy atom. The van der Waals surface area contributed by atoms with Gasteiger partial charge in [0.15, 0.2) is 0 Å². The largest absolute Gasteiger partial charge is 0.508 e. The summed E-state index contributed by atoms with van der Waals surface area (Å²) < 4.78 is 0. The van der Waals surface area contributed by atoms with Crippen molar-refractivity contribution in [1.82, 2.24) is 10.2 Å². The monoisotopic (exact) mass is 224 g/mol. The number of nitrogens with one attached hydrogen (secondary N) is 1. The molecule has 3 N–H and O–H groups in total. The molecule has 0 aliphatic heterocycles. The van der Waals surface area contributed by atoms with Crippen molar-refractivity contribution in [3.8, 4) is 11.5 Å². The highest BCUT2D eigenvalue weighted by molar-refractivity contribution is 5.77. The number of hydrogen-bond acceptors (Lipinski definition) is 4. The van der Waals surface area contributed by atoms with Crippen LogP contribution in [0.1, 0.15) is 5.56 Å². The van der Waals surface area contributed by atoms with Crippen molar-refractivity contribution in [3.05, 3.63) is 23.8 Å². The molecule has 1 aromatic carbocycles. The van der Waals surface area contributed by atoms with E-state index in [1.54, 1.807) is 20.2 Å². The van der Waals surface area contributed by atoms with E-state index in [1.165, 1.54) is 17.0 Å². The van der Waals surface area contributed by atoms with Gasteiger partial charge < -0.3 is 20.4 Å². The van der Waals surface area contributed by atoms with Gasteiger partial charge in [-0.15, -0.1) is 0 Å². The fourth-order valence-corrected chi connectivity index (χ4v) is 1.16. The number of hydrogen-bond donors (Lipinski definition) is 3. The van der Waals surface area contributed by atoms with Crippen molar-refractivity contribution in [3.63, 3.8) is 0 Å². The smallest absolute Gasteiger partial charge is 0.236 e. The highest BCUT2D eigenvalue weighted by Crippen LogP contribution is 2.21. The molecule has 0 bridgehead atoms. The molecule has 0 spiro atoms. The van der Waals surface area contributed by atoms with E-state index in [1.807, 2.05) is 0 Å². The van der Waals surface area contributed by atoms with Gasteiger partial charge in [0, 0.05) is 32.3 Å². The van der Waals surface area contributed by atoms with Gasteiger partial charge in [0.1, 0.15) is 11.5 Å². The fraction of sp³-hybridized carbons (Fsp3) is 0.364. The maximum absolute atomic E-state index is 11.2. The van der Waals surface area contributed by atoms with Crippen molar-refractivity contribution in [1.29, 1.82) is 0 Å². The average molecular weight is 224 g/mol. The average Bonchev–Trinajstić information content (AvgIpc) is 2.20. The van der Waals surface area contributed by atoms with Crippen LogP contribution in [0.2, 0.25) is 0 Å². The summed E-state index contributed by atoms with van der Waals surface area (Å²) in [6.45, 7) is 0.596. The van der Waals surface area contributed by atoms with Crippen LogP contribution in [-0.4, -0.2) is 41.7 Å². The van der Waals surface area contributed by atoms with E-state index >= 15 is 0 Å². The zero-order chi connectivity index (χ0) is 12.1. The van der Waals surface area contributed by atoms with Gasteiger partial charge in [-0.3, -0.25) is 4.79 Å². The molecule has 0 aromatic heterocycles. The summed E-state index contributed by atoms with van der Waals surface area (Å²) in [6.07, 6.45) is 0. The van der Waals surface area contributed by atoms with E-state index in [-0.39, 0.29) is 24.0 Å². The van der Waals surface area contributed by atoms with E-state index in [4.69, 9.17) is 5.11 Å². The number of rotatable bonds is 4.